The summed E-state index contributed by atoms with van der Waals surface area (Å²) < 4.78 is 29.8. The predicted molar refractivity (Wildman–Crippen MR) is 164 cm³/mol. The number of halogens is 3. The number of aliphatic carboxylic acids is 1. The van der Waals surface area contributed by atoms with Gasteiger partial charge in [0.05, 0.1) is 18.6 Å². The summed E-state index contributed by atoms with van der Waals surface area (Å²) in [4.78, 5) is 25.0. The molecule has 4 rings (SSSR count). The standard InChI is InChI=1S/C33H31ClF2N2O5.Na.H/c1-19(2)38-28(15-14-26(39)17-27(40)18-29(41)42)30(20-6-10-23(35)11-7-20)31(21-8-12-24(36)13-9-21)32(38)33(43)37-25-5-3-4-22(34)16-25;;/h3-16,19,26-27,39-40H,17-18H2,1-2H3,(H,37,43)(H,41,42);;/q;+1;-1/t26-,27-;;/m1../s1. The van der Waals surface area contributed by atoms with E-state index in [1.807, 2.05) is 13.8 Å². The number of carbonyl (C=O) groups is 2. The van der Waals surface area contributed by atoms with Gasteiger partial charge in [-0.1, -0.05) is 48.0 Å². The van der Waals surface area contributed by atoms with E-state index in [1.165, 1.54) is 30.3 Å². The van der Waals surface area contributed by atoms with E-state index >= 15 is 0 Å². The number of carboxylic acids is 1. The summed E-state index contributed by atoms with van der Waals surface area (Å²) in [6, 6.07) is 17.7. The molecule has 0 aliphatic carbocycles. The second kappa shape index (κ2) is 15.6. The van der Waals surface area contributed by atoms with Crippen LogP contribution < -0.4 is 34.9 Å². The fraction of sp³-hybridized carbons (Fsp3) is 0.212. The number of hydrogen-bond acceptors (Lipinski definition) is 4. The van der Waals surface area contributed by atoms with Crippen molar-refractivity contribution in [3.8, 4) is 22.3 Å². The number of hydrogen-bond donors (Lipinski definition) is 4. The molecular weight excluding hydrogens is 601 g/mol. The SMILES string of the molecule is CC(C)n1c(C=C[C@@H](O)C[C@@H](O)CC(=O)O)c(-c2ccc(F)cc2)c(-c2ccc(F)cc2)c1C(=O)Nc1cccc(Cl)c1.[H-].[Na+]. The molecule has 0 bridgehead atoms. The first-order valence-electron chi connectivity index (χ1n) is 13.6. The van der Waals surface area contributed by atoms with Gasteiger partial charge < -0.3 is 26.6 Å². The van der Waals surface area contributed by atoms with E-state index in [0.29, 0.717) is 38.7 Å². The zero-order valence-electron chi connectivity index (χ0n) is 25.5. The van der Waals surface area contributed by atoms with Gasteiger partial charge in [0.2, 0.25) is 0 Å². The maximum atomic E-state index is 14.1. The number of aromatic nitrogens is 1. The first-order chi connectivity index (χ1) is 20.4. The van der Waals surface area contributed by atoms with Crippen LogP contribution in [0.2, 0.25) is 5.02 Å². The molecule has 1 amide bonds. The third-order valence-corrected chi connectivity index (χ3v) is 6.96. The molecular formula is C33H32ClF2N2NaO5. The fourth-order valence-corrected chi connectivity index (χ4v) is 5.13. The summed E-state index contributed by atoms with van der Waals surface area (Å²) in [7, 11) is 0. The summed E-state index contributed by atoms with van der Waals surface area (Å²) in [6.07, 6.45) is -0.275. The van der Waals surface area contributed by atoms with Crippen molar-refractivity contribution < 1.29 is 64.7 Å². The molecule has 0 aliphatic rings. The number of amides is 1. The number of carbonyl (C=O) groups excluding carboxylic acids is 1. The quantitative estimate of drug-likeness (QED) is 0.184. The van der Waals surface area contributed by atoms with Crippen molar-refractivity contribution in [1.29, 1.82) is 0 Å². The molecule has 1 heterocycles. The van der Waals surface area contributed by atoms with Crippen molar-refractivity contribution in [1.82, 2.24) is 4.57 Å². The third-order valence-electron chi connectivity index (χ3n) is 6.72. The number of anilines is 1. The Hall–Kier alpha value is -3.31. The Morgan fingerprint density at radius 1 is 0.955 bits per heavy atom. The minimum absolute atomic E-state index is 0. The number of rotatable bonds is 11. The van der Waals surface area contributed by atoms with Crippen molar-refractivity contribution in [3.63, 3.8) is 0 Å². The molecule has 0 radical (unpaired) electrons. The van der Waals surface area contributed by atoms with Crippen LogP contribution in [0.25, 0.3) is 28.3 Å². The smallest absolute Gasteiger partial charge is 1.00 e. The molecule has 0 spiro atoms. The van der Waals surface area contributed by atoms with Crippen molar-refractivity contribution in [2.24, 2.45) is 0 Å². The van der Waals surface area contributed by atoms with Crippen molar-refractivity contribution >= 4 is 35.2 Å². The Balaban J connectivity index is 0.00000353. The molecule has 3 aromatic carbocycles. The third kappa shape index (κ3) is 8.65. The summed E-state index contributed by atoms with van der Waals surface area (Å²) in [6.45, 7) is 3.73. The minimum atomic E-state index is -1.28. The van der Waals surface area contributed by atoms with E-state index in [9.17, 15) is 28.6 Å². The van der Waals surface area contributed by atoms with E-state index in [-0.39, 0.29) is 49.1 Å². The molecule has 0 fully saturated rings. The average Bonchev–Trinajstić information content (AvgIpc) is 3.28. The second-order valence-corrected chi connectivity index (χ2v) is 10.8. The number of nitrogens with one attached hydrogen (secondary N) is 1. The van der Waals surface area contributed by atoms with Gasteiger partial charge in [-0.25, -0.2) is 8.78 Å². The van der Waals surface area contributed by atoms with Gasteiger partial charge in [-0.05, 0) is 73.5 Å². The molecule has 0 saturated carbocycles. The first kappa shape index (κ1) is 35.2. The van der Waals surface area contributed by atoms with Gasteiger partial charge in [0, 0.05) is 40.0 Å². The Kier molecular flexibility index (Phi) is 12.5. The molecule has 0 saturated heterocycles. The molecule has 1 aromatic heterocycles. The second-order valence-electron chi connectivity index (χ2n) is 10.3. The van der Waals surface area contributed by atoms with Gasteiger partial charge in [0.15, 0.2) is 0 Å². The van der Waals surface area contributed by atoms with Gasteiger partial charge in [0.1, 0.15) is 17.3 Å². The van der Waals surface area contributed by atoms with Gasteiger partial charge in [-0.2, -0.15) is 0 Å². The van der Waals surface area contributed by atoms with E-state index < -0.39 is 42.1 Å². The number of aliphatic hydroxyl groups is 2. The van der Waals surface area contributed by atoms with E-state index in [0.717, 1.165) is 0 Å². The zero-order valence-corrected chi connectivity index (χ0v) is 27.2. The number of carboxylic acid groups (broad SMARTS) is 1. The van der Waals surface area contributed by atoms with Crippen LogP contribution in [0, 0.1) is 11.6 Å². The molecule has 2 atom stereocenters. The first-order valence-corrected chi connectivity index (χ1v) is 14.0. The topological polar surface area (TPSA) is 112 Å². The number of benzene rings is 3. The maximum absolute atomic E-state index is 14.1. The van der Waals surface area contributed by atoms with Crippen molar-refractivity contribution in [2.75, 3.05) is 5.32 Å². The van der Waals surface area contributed by atoms with Crippen LogP contribution in [0.4, 0.5) is 14.5 Å². The van der Waals surface area contributed by atoms with Crippen molar-refractivity contribution in [3.05, 3.63) is 107 Å². The van der Waals surface area contributed by atoms with Gasteiger partial charge >= 0.3 is 35.5 Å². The Labute approximate surface area is 282 Å². The molecule has 4 aromatic rings. The van der Waals surface area contributed by atoms with E-state index in [4.69, 9.17) is 16.7 Å². The van der Waals surface area contributed by atoms with E-state index in [2.05, 4.69) is 5.32 Å². The van der Waals surface area contributed by atoms with Crippen LogP contribution >= 0.6 is 11.6 Å². The minimum Gasteiger partial charge on any atom is -1.00 e. The summed E-state index contributed by atoms with van der Waals surface area (Å²) in [5, 5.41) is 32.9. The number of aliphatic hydroxyl groups excluding tert-OH is 2. The Morgan fingerprint density at radius 3 is 2.05 bits per heavy atom. The molecule has 0 unspecified atom stereocenters. The Morgan fingerprint density at radius 2 is 1.52 bits per heavy atom. The van der Waals surface area contributed by atoms with Crippen molar-refractivity contribution in [2.45, 2.75) is 44.9 Å². The average molecular weight is 633 g/mol. The molecule has 11 heteroatoms. The summed E-state index contributed by atoms with van der Waals surface area (Å²) in [5.74, 6) is -2.62. The summed E-state index contributed by atoms with van der Waals surface area (Å²) >= 11 is 6.15. The van der Waals surface area contributed by atoms with Gasteiger partial charge in [-0.15, -0.1) is 0 Å². The van der Waals surface area contributed by atoms with Crippen LogP contribution in [0.15, 0.2) is 78.9 Å². The normalized spacial score (nSPS) is 12.6. The fourth-order valence-electron chi connectivity index (χ4n) is 4.94. The van der Waals surface area contributed by atoms with Crippen LogP contribution in [0.1, 0.15) is 50.3 Å². The molecule has 7 nitrogen and oxygen atoms in total. The zero-order chi connectivity index (χ0) is 31.3. The van der Waals surface area contributed by atoms with Gasteiger partial charge in [-0.3, -0.25) is 9.59 Å². The maximum Gasteiger partial charge on any atom is 1.00 e. The number of nitrogens with zero attached hydrogens (tertiary/aromatic N) is 1. The van der Waals surface area contributed by atoms with Crippen LogP contribution in [0.3, 0.4) is 0 Å². The molecule has 226 valence electrons. The van der Waals surface area contributed by atoms with Crippen LogP contribution in [-0.2, 0) is 4.79 Å². The largest absolute Gasteiger partial charge is 1.00 e. The molecule has 0 aliphatic heterocycles. The van der Waals surface area contributed by atoms with Crippen LogP contribution in [0.5, 0.6) is 0 Å². The van der Waals surface area contributed by atoms with Crippen LogP contribution in [-0.4, -0.2) is 44.0 Å². The Bertz CT molecular complexity index is 1650. The molecule has 4 N–H and O–H groups in total. The molecule has 44 heavy (non-hydrogen) atoms. The predicted octanol–water partition coefficient (Wildman–Crippen LogP) is 4.30. The van der Waals surface area contributed by atoms with Gasteiger partial charge in [0.25, 0.3) is 5.91 Å². The summed E-state index contributed by atoms with van der Waals surface area (Å²) in [5.41, 5.74) is 3.18. The van der Waals surface area contributed by atoms with E-state index in [1.54, 1.807) is 59.2 Å². The monoisotopic (exact) mass is 632 g/mol.